The van der Waals surface area contributed by atoms with Crippen LogP contribution < -0.4 is 26.2 Å². The number of likely N-dealkylation sites (tertiary alicyclic amines) is 2. The molecule has 438 valence electrons. The zero-order chi connectivity index (χ0) is 58.3. The summed E-state index contributed by atoms with van der Waals surface area (Å²) in [6.07, 6.45) is 15.9. The Hall–Kier alpha value is -7.54. The number of hydrogen-bond donors (Lipinski definition) is 4. The number of carbonyl (C=O) groups is 7. The highest BCUT2D eigenvalue weighted by Crippen LogP contribution is 2.52. The van der Waals surface area contributed by atoms with Crippen molar-refractivity contribution in [3.8, 4) is 11.3 Å². The molecule has 1 saturated carbocycles. The van der Waals surface area contributed by atoms with Crippen molar-refractivity contribution in [2.45, 2.75) is 179 Å². The Morgan fingerprint density at radius 2 is 1.52 bits per heavy atom. The summed E-state index contributed by atoms with van der Waals surface area (Å²) in [6.45, 7) is 13.5. The molecule has 1 unspecified atom stereocenters. The van der Waals surface area contributed by atoms with Crippen LogP contribution in [0.2, 0.25) is 0 Å². The van der Waals surface area contributed by atoms with E-state index >= 15 is 9.18 Å². The first-order chi connectivity index (χ1) is 40.0. The zero-order valence-corrected chi connectivity index (χ0v) is 48.6. The molecule has 7 heterocycles. The Balaban J connectivity index is 0.710. The summed E-state index contributed by atoms with van der Waals surface area (Å²) in [7, 11) is 0. The van der Waals surface area contributed by atoms with Crippen LogP contribution in [0.5, 0.6) is 0 Å². The Morgan fingerprint density at radius 3 is 2.24 bits per heavy atom. The fourth-order valence-electron chi connectivity index (χ4n) is 13.5. The molecule has 5 aromatic rings. The van der Waals surface area contributed by atoms with Crippen molar-refractivity contribution in [2.24, 2.45) is 0 Å². The molecule has 1 spiro atoms. The van der Waals surface area contributed by atoms with E-state index in [0.29, 0.717) is 78.6 Å². The lowest BCUT2D eigenvalue weighted by Crippen LogP contribution is -2.58. The number of unbranched alkanes of at least 4 members (excludes halogenated alkanes) is 6. The first kappa shape index (κ1) is 57.3. The number of amides is 7. The number of pyridine rings is 1. The number of anilines is 4. The molecule has 3 aromatic carbocycles. The van der Waals surface area contributed by atoms with Gasteiger partial charge >= 0.3 is 0 Å². The summed E-state index contributed by atoms with van der Waals surface area (Å²) >= 11 is 0. The Labute approximate surface area is 484 Å². The molecule has 83 heavy (non-hydrogen) atoms. The molecule has 5 aliphatic heterocycles. The molecule has 0 bridgehead atoms. The lowest BCUT2D eigenvalue weighted by molar-refractivity contribution is -0.136. The molecule has 4 N–H and O–H groups in total. The summed E-state index contributed by atoms with van der Waals surface area (Å²) in [5.41, 5.74) is 6.18. The maximum atomic E-state index is 15.9. The second-order valence-electron chi connectivity index (χ2n) is 24.5. The van der Waals surface area contributed by atoms with Gasteiger partial charge in [0.1, 0.15) is 17.4 Å². The smallest absolute Gasteiger partial charge is 0.262 e. The number of nitrogens with zero attached hydrogens (tertiary/aromatic N) is 7. The van der Waals surface area contributed by atoms with E-state index in [1.165, 1.54) is 25.3 Å². The molecule has 11 rings (SSSR count). The van der Waals surface area contributed by atoms with Gasteiger partial charge in [0.05, 0.1) is 39.8 Å². The monoisotopic (exact) mass is 1130 g/mol. The van der Waals surface area contributed by atoms with E-state index in [2.05, 4.69) is 43.2 Å². The number of piperidine rings is 3. The highest BCUT2D eigenvalue weighted by Gasteiger charge is 2.56. The number of rotatable bonds is 20. The van der Waals surface area contributed by atoms with Crippen molar-refractivity contribution in [2.75, 3.05) is 48.3 Å². The first-order valence-electron chi connectivity index (χ1n) is 30.3. The molecular weight excluding hydrogens is 1050 g/mol. The molecule has 4 fully saturated rings. The van der Waals surface area contributed by atoms with Crippen molar-refractivity contribution in [1.29, 1.82) is 0 Å². The summed E-state index contributed by atoms with van der Waals surface area (Å²) in [4.78, 5) is 110. The number of nitrogens with one attached hydrogen (secondary N) is 4. The average molecular weight is 1130 g/mol. The normalized spacial score (nSPS) is 20.6. The molecule has 19 heteroatoms. The van der Waals surface area contributed by atoms with Gasteiger partial charge in [-0.2, -0.15) is 0 Å². The average Bonchev–Trinajstić information content (AvgIpc) is 3.97. The van der Waals surface area contributed by atoms with Gasteiger partial charge < -0.3 is 35.2 Å². The number of imidazole rings is 1. The number of hydrogen-bond acceptors (Lipinski definition) is 12. The third-order valence-corrected chi connectivity index (χ3v) is 18.2. The Bertz CT molecular complexity index is 3370. The summed E-state index contributed by atoms with van der Waals surface area (Å²) in [6, 6.07) is 15.6. The van der Waals surface area contributed by atoms with Gasteiger partial charge in [-0.1, -0.05) is 50.7 Å². The third kappa shape index (κ3) is 11.4. The van der Waals surface area contributed by atoms with Crippen LogP contribution in [0.4, 0.5) is 27.3 Å². The molecule has 2 aromatic heterocycles. The minimum Gasteiger partial charge on any atom is -0.385 e. The van der Waals surface area contributed by atoms with Gasteiger partial charge in [0.2, 0.25) is 23.6 Å². The fraction of sp³-hybridized carbons (Fsp3) is 0.516. The van der Waals surface area contributed by atoms with Crippen LogP contribution in [0.25, 0.3) is 22.3 Å². The van der Waals surface area contributed by atoms with Crippen LogP contribution in [0.15, 0.2) is 60.9 Å². The number of fused-ring (bicyclic) bond motifs is 4. The van der Waals surface area contributed by atoms with Crippen molar-refractivity contribution < 1.29 is 38.0 Å². The molecule has 7 amide bonds. The molecular formula is C64H78FN11O7. The number of imide groups is 2. The van der Waals surface area contributed by atoms with E-state index in [0.717, 1.165) is 98.3 Å². The maximum absolute atomic E-state index is 15.9. The minimum atomic E-state index is -0.996. The van der Waals surface area contributed by atoms with E-state index < -0.39 is 40.9 Å². The molecule has 0 radical (unpaired) electrons. The minimum absolute atomic E-state index is 0.0181. The fourth-order valence-corrected chi connectivity index (χ4v) is 13.5. The molecule has 1 atom stereocenters. The quantitative estimate of drug-likeness (QED) is 0.0424. The largest absolute Gasteiger partial charge is 0.385 e. The van der Waals surface area contributed by atoms with E-state index in [9.17, 15) is 28.8 Å². The van der Waals surface area contributed by atoms with Gasteiger partial charge in [0.25, 0.3) is 17.7 Å². The van der Waals surface area contributed by atoms with Gasteiger partial charge in [-0.25, -0.2) is 14.4 Å². The zero-order valence-electron chi connectivity index (χ0n) is 48.6. The standard InChI is InChI=1S/C64H78FN11O7/c1-38(2)68-59(79)46-35-51(49(65)30-40(46)5)70-58-57-52(67-37-74(57)39(3)4)36-50(69-58)41-17-20-48-54(31-41)75(44-33-43(34-44)72-26-14-11-15-27-72)63(83)64(48)23-28-73(29-24-64)56(78)16-12-9-7-6-8-10-13-25-66-42-18-19-45-47(32-42)62(82)76(61(45)81)53-21-22-55(77)71-60(53)80/h17-20,30-32,35-39,43-44,53,66H,6-16,21-29,33-34H2,1-5H3,(H,68,79)(H,69,70)(H,71,77,80). The van der Waals surface area contributed by atoms with Gasteiger partial charge in [0, 0.05) is 79.1 Å². The Kier molecular flexibility index (Phi) is 16.5. The predicted molar refractivity (Wildman–Crippen MR) is 316 cm³/mol. The third-order valence-electron chi connectivity index (χ3n) is 18.2. The van der Waals surface area contributed by atoms with Gasteiger partial charge in [0.15, 0.2) is 5.82 Å². The number of carbonyl (C=O) groups excluding carboxylic acids is 7. The topological polar surface area (TPSA) is 211 Å². The number of aromatic nitrogens is 3. The van der Waals surface area contributed by atoms with Crippen LogP contribution in [0.3, 0.4) is 0 Å². The van der Waals surface area contributed by atoms with E-state index in [4.69, 9.17) is 9.97 Å². The number of benzene rings is 3. The lowest BCUT2D eigenvalue weighted by atomic mass is 9.73. The summed E-state index contributed by atoms with van der Waals surface area (Å²) in [5.74, 6) is -2.22. The molecule has 1 aliphatic carbocycles. The van der Waals surface area contributed by atoms with Crippen molar-refractivity contribution in [3.05, 3.63) is 94.6 Å². The first-order valence-corrected chi connectivity index (χ1v) is 30.3. The second kappa shape index (κ2) is 24.0. The van der Waals surface area contributed by atoms with Crippen molar-refractivity contribution in [1.82, 2.24) is 39.9 Å². The summed E-state index contributed by atoms with van der Waals surface area (Å²) < 4.78 is 17.9. The lowest BCUT2D eigenvalue weighted by Gasteiger charge is -2.48. The van der Waals surface area contributed by atoms with Gasteiger partial charge in [-0.05, 0) is 159 Å². The van der Waals surface area contributed by atoms with E-state index in [1.807, 2.05) is 49.3 Å². The predicted octanol–water partition coefficient (Wildman–Crippen LogP) is 9.87. The number of halogens is 1. The second-order valence-corrected chi connectivity index (χ2v) is 24.5. The van der Waals surface area contributed by atoms with E-state index in [1.54, 1.807) is 37.5 Å². The highest BCUT2D eigenvalue weighted by atomic mass is 19.1. The summed E-state index contributed by atoms with van der Waals surface area (Å²) in [5, 5.41) is 11.8. The van der Waals surface area contributed by atoms with Crippen molar-refractivity contribution in [3.63, 3.8) is 0 Å². The number of aryl methyl sites for hydroxylation is 1. The maximum Gasteiger partial charge on any atom is 0.262 e. The Morgan fingerprint density at radius 1 is 0.795 bits per heavy atom. The highest BCUT2D eigenvalue weighted by molar-refractivity contribution is 6.23. The SMILES string of the molecule is Cc1cc(F)c(Nc2nc(-c3ccc4c(c3)N(C3CC(N5CCCCC5)C3)C(=O)C43CCN(C(=O)CCCCCCCCCNc4ccc5c(c4)C(=O)N(C4CCC(=O)NC4=O)C5=O)CC3)cc3ncn(C(C)C)c23)cc1C(=O)NC(C)C. The molecule has 3 saturated heterocycles. The molecule has 6 aliphatic rings. The van der Waals surface area contributed by atoms with Crippen molar-refractivity contribution >= 4 is 75.3 Å². The van der Waals surface area contributed by atoms with Crippen LogP contribution in [0, 0.1) is 12.7 Å². The van der Waals surface area contributed by atoms with E-state index in [-0.39, 0.29) is 65.5 Å². The molecule has 18 nitrogen and oxygen atoms in total. The van der Waals surface area contributed by atoms with Crippen LogP contribution >= 0.6 is 0 Å². The van der Waals surface area contributed by atoms with Crippen LogP contribution in [-0.4, -0.2) is 127 Å². The van der Waals surface area contributed by atoms with Crippen LogP contribution in [-0.2, 0) is 24.6 Å². The van der Waals surface area contributed by atoms with Gasteiger partial charge in [-0.15, -0.1) is 0 Å². The van der Waals surface area contributed by atoms with Crippen LogP contribution in [0.1, 0.15) is 185 Å². The van der Waals surface area contributed by atoms with Gasteiger partial charge in [-0.3, -0.25) is 43.8 Å².